The molecule has 15 atom stereocenters. The fraction of sp³-hybridized carbons (Fsp3) is 0.847. The van der Waals surface area contributed by atoms with Gasteiger partial charge in [0.25, 0.3) is 0 Å². The Morgan fingerprint density at radius 1 is 0.500 bits per heavy atom. The van der Waals surface area contributed by atoms with Crippen molar-refractivity contribution < 1.29 is 143 Å². The first-order valence-electron chi connectivity index (χ1n) is 35.3. The molecule has 15 unspecified atom stereocenters. The van der Waals surface area contributed by atoms with Gasteiger partial charge in [-0.15, -0.1) is 0 Å². The number of carbonyl (C=O) groups excluding carboxylic acids is 11. The van der Waals surface area contributed by atoms with Crippen molar-refractivity contribution in [3.63, 3.8) is 0 Å². The fourth-order valence-corrected chi connectivity index (χ4v) is 11.6. The van der Waals surface area contributed by atoms with Crippen molar-refractivity contribution in [1.29, 1.82) is 0 Å². The van der Waals surface area contributed by atoms with E-state index in [4.69, 9.17) is 90.0 Å². The van der Waals surface area contributed by atoms with Crippen molar-refractivity contribution >= 4 is 65.7 Å². The van der Waals surface area contributed by atoms with Crippen molar-refractivity contribution in [2.75, 3.05) is 53.9 Å². The number of hydrogen-bond acceptors (Lipinski definition) is 30. The molecule has 0 radical (unpaired) electrons. The van der Waals surface area contributed by atoms with Crippen LogP contribution in [-0.4, -0.2) is 210 Å². The minimum Gasteiger partial charge on any atom is -0.465 e. The van der Waals surface area contributed by atoms with E-state index < -0.39 is 170 Å². The predicted octanol–water partition coefficient (Wildman–Crippen LogP) is 7.50. The maximum atomic E-state index is 12.4. The molecule has 0 aromatic carbocycles. The van der Waals surface area contributed by atoms with Crippen molar-refractivity contribution in [2.24, 2.45) is 37.9 Å². The molecule has 30 nitrogen and oxygen atoms in total. The molecule has 0 aromatic rings. The number of methoxy groups -OCH3 is 2. The molecule has 1 aliphatic carbocycles. The topological polar surface area (TPSA) is 363 Å². The van der Waals surface area contributed by atoms with E-state index in [1.165, 1.54) is 14.2 Å². The molecule has 30 heteroatoms. The lowest BCUT2D eigenvalue weighted by Gasteiger charge is -2.50. The molecule has 9 saturated heterocycles. The van der Waals surface area contributed by atoms with Gasteiger partial charge in [0.1, 0.15) is 36.4 Å². The first-order chi connectivity index (χ1) is 47.1. The zero-order valence-corrected chi connectivity index (χ0v) is 63.9. The van der Waals surface area contributed by atoms with Gasteiger partial charge in [0.15, 0.2) is 30.9 Å². The molecule has 2 bridgehead atoms. The molecular formula is C72H112O30. The third kappa shape index (κ3) is 18.5. The summed E-state index contributed by atoms with van der Waals surface area (Å²) in [5.74, 6) is -8.36. The number of esters is 11. The Bertz CT molecular complexity index is 3070. The van der Waals surface area contributed by atoms with Gasteiger partial charge in [-0.3, -0.25) is 28.8 Å². The molecule has 9 heterocycles. The molecular weight excluding hydrogens is 1340 g/mol. The highest BCUT2D eigenvalue weighted by atomic mass is 16.9. The smallest absolute Gasteiger partial charge is 0.351 e. The lowest BCUT2D eigenvalue weighted by atomic mass is 9.76. The minimum atomic E-state index is -1.40. The standard InChI is InChI=1S/C18H28O9.C18H26O8.C14H22O5.C12H20O4.C10H16O4/c1-8-16(2,3)15(20)25-11-9-10(23-13(11)19)12-14(24-9)27-18(5,22-7)17(4,21-6)26-12;1-6-16(2,3)14(20)22-9-12(19)25-18-7-10(23-15(18)21)13-11(8-18)24-17(4,5)26-13;1-4-13(2,3)11(15)19-10-9-17-7-5-14(10)6-8-18-12(14)16;1-6-11(2,3)10(14)16-8-9(13)15-7-12(8,4)5;1-4-10(2,3)9(12)14-7-5-6-13-8(7)11/h9-12,14H,8H2,1-7H3;10-11,13H,6-9H2,1-5H3;10H,4-9H2,1-3H3;8H,6-7H2,1-5H3;7H,4-6H2,1-3H3. The van der Waals surface area contributed by atoms with Crippen LogP contribution in [-0.2, 0) is 143 Å². The van der Waals surface area contributed by atoms with Gasteiger partial charge in [0.05, 0.1) is 53.0 Å². The van der Waals surface area contributed by atoms with Gasteiger partial charge >= 0.3 is 65.7 Å². The van der Waals surface area contributed by atoms with Gasteiger partial charge in [0.2, 0.25) is 35.5 Å². The summed E-state index contributed by atoms with van der Waals surface area (Å²) in [6, 6.07) is 0. The van der Waals surface area contributed by atoms with Crippen LogP contribution in [0.15, 0.2) is 0 Å². The summed E-state index contributed by atoms with van der Waals surface area (Å²) in [4.78, 5) is 131. The van der Waals surface area contributed by atoms with E-state index in [0.717, 1.165) is 0 Å². The van der Waals surface area contributed by atoms with Crippen LogP contribution < -0.4 is 0 Å². The normalized spacial score (nSPS) is 33.1. The van der Waals surface area contributed by atoms with Crippen LogP contribution in [0.2, 0.25) is 0 Å². The molecule has 1 spiro atoms. The number of hydrogen-bond donors (Lipinski definition) is 0. The van der Waals surface area contributed by atoms with Crippen LogP contribution in [0.4, 0.5) is 0 Å². The predicted molar refractivity (Wildman–Crippen MR) is 352 cm³/mol. The van der Waals surface area contributed by atoms with Gasteiger partial charge in [-0.05, 0) is 135 Å². The molecule has 0 amide bonds. The Kier molecular flexibility index (Phi) is 26.8. The molecule has 10 rings (SSSR count). The van der Waals surface area contributed by atoms with Crippen molar-refractivity contribution in [1.82, 2.24) is 0 Å². The van der Waals surface area contributed by atoms with Gasteiger partial charge in [-0.2, -0.15) is 0 Å². The third-order valence-corrected chi connectivity index (χ3v) is 21.5. The lowest BCUT2D eigenvalue weighted by Crippen LogP contribution is -2.65. The Morgan fingerprint density at radius 2 is 1.02 bits per heavy atom. The summed E-state index contributed by atoms with van der Waals surface area (Å²) >= 11 is 0. The molecule has 102 heavy (non-hydrogen) atoms. The average molecular weight is 1460 g/mol. The summed E-state index contributed by atoms with van der Waals surface area (Å²) in [5.41, 5.74) is -5.55. The highest BCUT2D eigenvalue weighted by Crippen LogP contribution is 2.50. The molecule has 1 saturated carbocycles. The van der Waals surface area contributed by atoms with E-state index in [0.29, 0.717) is 77.8 Å². The van der Waals surface area contributed by atoms with Crippen LogP contribution in [0.1, 0.15) is 210 Å². The summed E-state index contributed by atoms with van der Waals surface area (Å²) in [5, 5.41) is 0. The zero-order chi connectivity index (χ0) is 77.0. The maximum Gasteiger partial charge on any atom is 0.351 e. The zero-order valence-electron chi connectivity index (χ0n) is 63.9. The second-order valence-corrected chi connectivity index (χ2v) is 31.9. The summed E-state index contributed by atoms with van der Waals surface area (Å²) in [7, 11) is 2.93. The second-order valence-electron chi connectivity index (χ2n) is 31.9. The number of carbonyl (C=O) groups is 11. The number of rotatable bonds is 19. The number of cyclic esters (lactones) is 3. The molecule has 10 fully saturated rings. The first kappa shape index (κ1) is 84.8. The van der Waals surface area contributed by atoms with Crippen molar-refractivity contribution in [3.05, 3.63) is 0 Å². The van der Waals surface area contributed by atoms with Crippen LogP contribution in [0.3, 0.4) is 0 Å². The molecule has 10 aliphatic rings. The van der Waals surface area contributed by atoms with Gasteiger partial charge in [-0.25, -0.2) is 24.0 Å². The van der Waals surface area contributed by atoms with Crippen LogP contribution >= 0.6 is 0 Å². The summed E-state index contributed by atoms with van der Waals surface area (Å²) in [6.07, 6.45) is -2.41. The number of ether oxygens (including phenoxy) is 19. The quantitative estimate of drug-likeness (QED) is 0.0892. The third-order valence-electron chi connectivity index (χ3n) is 21.5. The van der Waals surface area contributed by atoms with E-state index in [1.54, 1.807) is 69.2 Å². The Labute approximate surface area is 598 Å². The second kappa shape index (κ2) is 32.3. The molecule has 9 aliphatic heterocycles. The van der Waals surface area contributed by atoms with E-state index >= 15 is 0 Å². The molecule has 580 valence electrons. The van der Waals surface area contributed by atoms with Crippen molar-refractivity contribution in [3.8, 4) is 0 Å². The van der Waals surface area contributed by atoms with Gasteiger partial charge < -0.3 is 90.0 Å². The van der Waals surface area contributed by atoms with Gasteiger partial charge in [0, 0.05) is 51.9 Å². The molecule has 0 aromatic heterocycles. The highest BCUT2D eigenvalue weighted by Gasteiger charge is 2.69. The minimum absolute atomic E-state index is 0.163. The van der Waals surface area contributed by atoms with Gasteiger partial charge in [-0.1, -0.05) is 48.5 Å². The first-order valence-corrected chi connectivity index (χ1v) is 35.3. The van der Waals surface area contributed by atoms with Crippen LogP contribution in [0.5, 0.6) is 0 Å². The molecule has 0 N–H and O–H groups in total. The SMILES string of the molecule is CCC(C)(C)C(=O)OC1C(=O)OC2C3OC(C)(OC)C(C)(OC)OC3OC12.CCC(C)(C)C(=O)OC1C(=O)OCC1(C)C.CCC(C)(C)C(=O)OC1CCOC1=O.CCC(C)(C)C(=O)OC1COCCC12CCOC2=O.CCC(C)(C)C(=O)OCC(=O)OC12CC(OC1=O)C1OC(C)(C)OC1C2. The van der Waals surface area contributed by atoms with E-state index in [2.05, 4.69) is 0 Å². The monoisotopic (exact) mass is 1460 g/mol. The summed E-state index contributed by atoms with van der Waals surface area (Å²) < 4.78 is 103. The fourth-order valence-electron chi connectivity index (χ4n) is 11.6. The maximum absolute atomic E-state index is 12.4. The van der Waals surface area contributed by atoms with Crippen LogP contribution in [0, 0.1) is 37.9 Å². The van der Waals surface area contributed by atoms with Crippen molar-refractivity contribution in [2.45, 2.75) is 300 Å². The average Bonchev–Trinajstić information content (AvgIpc) is 1.55. The van der Waals surface area contributed by atoms with Crippen LogP contribution in [0.25, 0.3) is 0 Å². The number of fused-ring (bicyclic) bond motifs is 7. The van der Waals surface area contributed by atoms with E-state index in [-0.39, 0.29) is 49.4 Å². The largest absolute Gasteiger partial charge is 0.465 e. The van der Waals surface area contributed by atoms with E-state index in [1.807, 2.05) is 76.2 Å². The Balaban J connectivity index is 0.000000205. The Morgan fingerprint density at radius 3 is 1.53 bits per heavy atom. The lowest BCUT2D eigenvalue weighted by molar-refractivity contribution is -0.468. The van der Waals surface area contributed by atoms with E-state index in [9.17, 15) is 52.7 Å². The Hall–Kier alpha value is -6.15. The highest BCUT2D eigenvalue weighted by molar-refractivity contribution is 5.88. The summed E-state index contributed by atoms with van der Waals surface area (Å²) in [6.45, 7) is 39.3.